The standard InChI is InChI=1S/C16H15ClO4/c1-9-4-11-8-21-15(20)16(11,6-9)7-10-2-3-12(14(18)19)13(17)5-10/h2-3,5,11H,1,4,6-8H2,(H,18,19). The predicted octanol–water partition coefficient (Wildman–Crippen LogP) is 3.09. The van der Waals surface area contributed by atoms with Crippen LogP contribution in [0.25, 0.3) is 0 Å². The van der Waals surface area contributed by atoms with Gasteiger partial charge in [-0.3, -0.25) is 4.79 Å². The van der Waals surface area contributed by atoms with Gasteiger partial charge >= 0.3 is 11.9 Å². The number of benzene rings is 1. The minimum Gasteiger partial charge on any atom is -0.478 e. The molecule has 1 aliphatic carbocycles. The fraction of sp³-hybridized carbons (Fsp3) is 0.375. The van der Waals surface area contributed by atoms with Gasteiger partial charge in [0.2, 0.25) is 0 Å². The van der Waals surface area contributed by atoms with Crippen LogP contribution < -0.4 is 0 Å². The topological polar surface area (TPSA) is 63.6 Å². The summed E-state index contributed by atoms with van der Waals surface area (Å²) in [5.41, 5.74) is 1.44. The second-order valence-corrected chi connectivity index (χ2v) is 6.29. The lowest BCUT2D eigenvalue weighted by atomic mass is 9.75. The number of carboxylic acid groups (broad SMARTS) is 1. The number of carboxylic acids is 1. The fourth-order valence-corrected chi connectivity index (χ4v) is 3.75. The third-order valence-electron chi connectivity index (χ3n) is 4.49. The summed E-state index contributed by atoms with van der Waals surface area (Å²) in [5, 5.41) is 9.19. The van der Waals surface area contributed by atoms with E-state index in [1.807, 2.05) is 0 Å². The molecule has 2 aliphatic rings. The molecular formula is C16H15ClO4. The number of esters is 1. The number of hydrogen-bond acceptors (Lipinski definition) is 3. The van der Waals surface area contributed by atoms with Gasteiger partial charge in [-0.1, -0.05) is 29.8 Å². The molecule has 0 bridgehead atoms. The lowest BCUT2D eigenvalue weighted by Gasteiger charge is -2.24. The number of carbonyl (C=O) groups excluding carboxylic acids is 1. The maximum atomic E-state index is 12.2. The van der Waals surface area contributed by atoms with Gasteiger partial charge in [0.05, 0.1) is 22.6 Å². The zero-order valence-electron chi connectivity index (χ0n) is 11.4. The van der Waals surface area contributed by atoms with E-state index in [0.29, 0.717) is 19.4 Å². The summed E-state index contributed by atoms with van der Waals surface area (Å²) in [7, 11) is 0. The Hall–Kier alpha value is -1.81. The second-order valence-electron chi connectivity index (χ2n) is 5.88. The molecule has 0 spiro atoms. The first-order chi connectivity index (χ1) is 9.92. The van der Waals surface area contributed by atoms with E-state index in [1.165, 1.54) is 6.07 Å². The van der Waals surface area contributed by atoms with Crippen LogP contribution in [0.4, 0.5) is 0 Å². The Balaban J connectivity index is 1.92. The number of halogens is 1. The van der Waals surface area contributed by atoms with Crippen molar-refractivity contribution in [1.82, 2.24) is 0 Å². The van der Waals surface area contributed by atoms with Crippen molar-refractivity contribution in [2.75, 3.05) is 6.61 Å². The van der Waals surface area contributed by atoms with Gasteiger partial charge in [-0.05, 0) is 37.0 Å². The van der Waals surface area contributed by atoms with Crippen molar-refractivity contribution in [2.24, 2.45) is 11.3 Å². The predicted molar refractivity (Wildman–Crippen MR) is 77.4 cm³/mol. The number of fused-ring (bicyclic) bond motifs is 1. The van der Waals surface area contributed by atoms with Crippen LogP contribution in [-0.4, -0.2) is 23.7 Å². The average Bonchev–Trinajstić information content (AvgIpc) is 2.85. The third-order valence-corrected chi connectivity index (χ3v) is 4.80. The van der Waals surface area contributed by atoms with Gasteiger partial charge in [0, 0.05) is 5.92 Å². The van der Waals surface area contributed by atoms with Gasteiger partial charge in [0.25, 0.3) is 0 Å². The van der Waals surface area contributed by atoms with Crippen LogP contribution in [0.15, 0.2) is 30.4 Å². The summed E-state index contributed by atoms with van der Waals surface area (Å²) >= 11 is 6.00. The van der Waals surface area contributed by atoms with Gasteiger partial charge in [-0.2, -0.15) is 0 Å². The van der Waals surface area contributed by atoms with Gasteiger partial charge in [0.1, 0.15) is 0 Å². The van der Waals surface area contributed by atoms with Crippen molar-refractivity contribution >= 4 is 23.5 Å². The van der Waals surface area contributed by atoms with Crippen LogP contribution in [-0.2, 0) is 16.0 Å². The molecule has 2 fully saturated rings. The Bertz CT molecular complexity index is 652. The SMILES string of the molecule is C=C1CC2COC(=O)C2(Cc2ccc(C(=O)O)c(Cl)c2)C1. The molecule has 5 heteroatoms. The molecule has 4 nitrogen and oxygen atoms in total. The zero-order valence-corrected chi connectivity index (χ0v) is 12.2. The van der Waals surface area contributed by atoms with Gasteiger partial charge in [0.15, 0.2) is 0 Å². The lowest BCUT2D eigenvalue weighted by molar-refractivity contribution is -0.146. The zero-order chi connectivity index (χ0) is 15.2. The first kappa shape index (κ1) is 14.1. The first-order valence-electron chi connectivity index (χ1n) is 6.78. The van der Waals surface area contributed by atoms with E-state index in [0.717, 1.165) is 17.6 Å². The summed E-state index contributed by atoms with van der Waals surface area (Å²) in [6.07, 6.45) is 1.95. The maximum absolute atomic E-state index is 12.2. The Labute approximate surface area is 127 Å². The van der Waals surface area contributed by atoms with Crippen molar-refractivity contribution < 1.29 is 19.4 Å². The summed E-state index contributed by atoms with van der Waals surface area (Å²) in [4.78, 5) is 23.2. The molecule has 1 saturated carbocycles. The van der Waals surface area contributed by atoms with Crippen LogP contribution in [0.2, 0.25) is 5.02 Å². The van der Waals surface area contributed by atoms with Gasteiger partial charge in [-0.15, -0.1) is 0 Å². The largest absolute Gasteiger partial charge is 0.478 e. The monoisotopic (exact) mass is 306 g/mol. The number of ether oxygens (including phenoxy) is 1. The molecule has 0 radical (unpaired) electrons. The number of cyclic esters (lactones) is 1. The van der Waals surface area contributed by atoms with E-state index < -0.39 is 11.4 Å². The highest BCUT2D eigenvalue weighted by atomic mass is 35.5. The highest BCUT2D eigenvalue weighted by Gasteiger charge is 2.55. The van der Waals surface area contributed by atoms with Crippen LogP contribution >= 0.6 is 11.6 Å². The van der Waals surface area contributed by atoms with Crippen molar-refractivity contribution in [3.05, 3.63) is 46.5 Å². The fourth-order valence-electron chi connectivity index (χ4n) is 3.47. The lowest BCUT2D eigenvalue weighted by Crippen LogP contribution is -2.31. The molecule has 2 atom stereocenters. The Morgan fingerprint density at radius 3 is 2.95 bits per heavy atom. The van der Waals surface area contributed by atoms with Crippen LogP contribution in [0.5, 0.6) is 0 Å². The van der Waals surface area contributed by atoms with Crippen molar-refractivity contribution in [1.29, 1.82) is 0 Å². The molecular weight excluding hydrogens is 292 g/mol. The molecule has 1 heterocycles. The maximum Gasteiger partial charge on any atom is 0.337 e. The first-order valence-corrected chi connectivity index (χ1v) is 7.16. The summed E-state index contributed by atoms with van der Waals surface area (Å²) in [5.74, 6) is -1.07. The number of hydrogen-bond donors (Lipinski definition) is 1. The summed E-state index contributed by atoms with van der Waals surface area (Å²) < 4.78 is 5.23. The van der Waals surface area contributed by atoms with Crippen LogP contribution in [0, 0.1) is 11.3 Å². The number of aromatic carboxylic acids is 1. The molecule has 1 saturated heterocycles. The molecule has 21 heavy (non-hydrogen) atoms. The van der Waals surface area contributed by atoms with Crippen LogP contribution in [0.1, 0.15) is 28.8 Å². The molecule has 0 aromatic heterocycles. The molecule has 1 aromatic rings. The van der Waals surface area contributed by atoms with Gasteiger partial charge in [-0.25, -0.2) is 4.79 Å². The van der Waals surface area contributed by atoms with E-state index in [4.69, 9.17) is 21.4 Å². The summed E-state index contributed by atoms with van der Waals surface area (Å²) in [6.45, 7) is 4.44. The average molecular weight is 307 g/mol. The quantitative estimate of drug-likeness (QED) is 0.688. The normalized spacial score (nSPS) is 27.6. The molecule has 110 valence electrons. The smallest absolute Gasteiger partial charge is 0.337 e. The summed E-state index contributed by atoms with van der Waals surface area (Å²) in [6, 6.07) is 4.83. The van der Waals surface area contributed by atoms with Crippen molar-refractivity contribution in [2.45, 2.75) is 19.3 Å². The van der Waals surface area contributed by atoms with E-state index in [2.05, 4.69) is 6.58 Å². The van der Waals surface area contributed by atoms with E-state index >= 15 is 0 Å². The minimum absolute atomic E-state index is 0.0688. The highest BCUT2D eigenvalue weighted by molar-refractivity contribution is 6.33. The molecule has 1 aliphatic heterocycles. The van der Waals surface area contributed by atoms with E-state index in [9.17, 15) is 9.59 Å². The second kappa shape index (κ2) is 4.88. The Morgan fingerprint density at radius 1 is 1.52 bits per heavy atom. The molecule has 3 rings (SSSR count). The number of rotatable bonds is 3. The molecule has 2 unspecified atom stereocenters. The molecule has 0 amide bonds. The molecule has 1 N–H and O–H groups in total. The van der Waals surface area contributed by atoms with Gasteiger partial charge < -0.3 is 9.84 Å². The minimum atomic E-state index is -1.06. The highest BCUT2D eigenvalue weighted by Crippen LogP contribution is 2.52. The molecule has 1 aromatic carbocycles. The number of carbonyl (C=O) groups is 2. The van der Waals surface area contributed by atoms with E-state index in [1.54, 1.807) is 12.1 Å². The van der Waals surface area contributed by atoms with E-state index in [-0.39, 0.29) is 22.5 Å². The number of allylic oxidation sites excluding steroid dienone is 1. The Morgan fingerprint density at radius 2 is 2.29 bits per heavy atom. The van der Waals surface area contributed by atoms with Crippen molar-refractivity contribution in [3.63, 3.8) is 0 Å². The Kier molecular flexibility index (Phi) is 3.29. The van der Waals surface area contributed by atoms with Crippen molar-refractivity contribution in [3.8, 4) is 0 Å². The third kappa shape index (κ3) is 2.23. The van der Waals surface area contributed by atoms with Crippen LogP contribution in [0.3, 0.4) is 0 Å².